The van der Waals surface area contributed by atoms with E-state index in [1.165, 1.54) is 0 Å². The lowest BCUT2D eigenvalue weighted by molar-refractivity contribution is 0.0620. The van der Waals surface area contributed by atoms with Gasteiger partial charge in [-0.25, -0.2) is 9.78 Å². The summed E-state index contributed by atoms with van der Waals surface area (Å²) >= 11 is 0. The van der Waals surface area contributed by atoms with E-state index >= 15 is 0 Å². The Labute approximate surface area is 146 Å². The summed E-state index contributed by atoms with van der Waals surface area (Å²) in [5, 5.41) is 5.52. The Kier molecular flexibility index (Phi) is 4.48. The summed E-state index contributed by atoms with van der Waals surface area (Å²) in [6.07, 6.45) is 4.61. The van der Waals surface area contributed by atoms with E-state index in [0.717, 1.165) is 5.69 Å². The highest BCUT2D eigenvalue weighted by Gasteiger charge is 2.32. The summed E-state index contributed by atoms with van der Waals surface area (Å²) in [4.78, 5) is 28.5. The summed E-state index contributed by atoms with van der Waals surface area (Å²) < 4.78 is 7.67. The number of urea groups is 1. The summed E-state index contributed by atoms with van der Waals surface area (Å²) in [7, 11) is 1.90. The maximum Gasteiger partial charge on any atom is 0.319 e. The van der Waals surface area contributed by atoms with Crippen LogP contribution in [0.1, 0.15) is 36.3 Å². The molecule has 7 heteroatoms. The van der Waals surface area contributed by atoms with Gasteiger partial charge in [-0.2, -0.15) is 0 Å². The van der Waals surface area contributed by atoms with Crippen molar-refractivity contribution in [3.63, 3.8) is 0 Å². The van der Waals surface area contributed by atoms with Gasteiger partial charge in [0.25, 0.3) is 0 Å². The maximum atomic E-state index is 12.3. The summed E-state index contributed by atoms with van der Waals surface area (Å²) in [5.74, 6) is 0.577. The van der Waals surface area contributed by atoms with E-state index in [4.69, 9.17) is 4.74 Å². The fourth-order valence-corrected chi connectivity index (χ4v) is 2.81. The van der Waals surface area contributed by atoms with Crippen LogP contribution in [0.3, 0.4) is 0 Å². The molecule has 2 heterocycles. The van der Waals surface area contributed by atoms with Crippen LogP contribution in [0.5, 0.6) is 5.75 Å². The third-order valence-corrected chi connectivity index (χ3v) is 3.94. The topological polar surface area (TPSA) is 85.3 Å². The van der Waals surface area contributed by atoms with E-state index < -0.39 is 5.60 Å². The number of aryl methyl sites for hydroxylation is 1. The molecule has 7 nitrogen and oxygen atoms in total. The van der Waals surface area contributed by atoms with E-state index in [1.54, 1.807) is 24.5 Å². The minimum absolute atomic E-state index is 0.0189. The first-order chi connectivity index (χ1) is 11.8. The number of hydrogen-bond acceptors (Lipinski definition) is 4. The predicted molar refractivity (Wildman–Crippen MR) is 94.0 cm³/mol. The Morgan fingerprint density at radius 1 is 1.40 bits per heavy atom. The molecule has 0 fully saturated rings. The normalized spacial score (nSPS) is 15.2. The van der Waals surface area contributed by atoms with Gasteiger partial charge in [-0.15, -0.1) is 0 Å². The Bertz CT molecular complexity index is 810. The zero-order valence-electron chi connectivity index (χ0n) is 14.6. The van der Waals surface area contributed by atoms with Gasteiger partial charge in [-0.05, 0) is 32.0 Å². The third-order valence-electron chi connectivity index (χ3n) is 3.94. The predicted octanol–water partition coefficient (Wildman–Crippen LogP) is 2.53. The van der Waals surface area contributed by atoms with Crippen LogP contribution >= 0.6 is 0 Å². The van der Waals surface area contributed by atoms with E-state index in [-0.39, 0.29) is 11.8 Å². The molecule has 0 spiro atoms. The minimum Gasteiger partial charge on any atom is -0.487 e. The van der Waals surface area contributed by atoms with Gasteiger partial charge in [-0.3, -0.25) is 4.79 Å². The Morgan fingerprint density at radius 2 is 2.20 bits per heavy atom. The number of fused-ring (bicyclic) bond motifs is 1. The number of amides is 2. The molecule has 0 aliphatic carbocycles. The number of benzene rings is 1. The second-order valence-electron chi connectivity index (χ2n) is 6.83. The molecule has 0 radical (unpaired) electrons. The largest absolute Gasteiger partial charge is 0.487 e. The summed E-state index contributed by atoms with van der Waals surface area (Å²) in [5.41, 5.74) is 1.49. The Hall–Kier alpha value is -2.83. The number of Topliss-reactive ketones (excluding diaryl/α,β-unsaturated/α-hetero) is 1. The van der Waals surface area contributed by atoms with E-state index in [1.807, 2.05) is 31.7 Å². The molecule has 3 rings (SSSR count). The van der Waals surface area contributed by atoms with Crippen LogP contribution in [0.4, 0.5) is 10.5 Å². The molecular formula is C18H22N4O3. The van der Waals surface area contributed by atoms with Gasteiger partial charge in [0.15, 0.2) is 5.78 Å². The first-order valence-corrected chi connectivity index (χ1v) is 8.20. The van der Waals surface area contributed by atoms with Gasteiger partial charge >= 0.3 is 6.03 Å². The van der Waals surface area contributed by atoms with Crippen LogP contribution in [0.25, 0.3) is 0 Å². The van der Waals surface area contributed by atoms with Crippen molar-refractivity contribution < 1.29 is 14.3 Å². The van der Waals surface area contributed by atoms with Gasteiger partial charge < -0.3 is 19.9 Å². The lowest BCUT2D eigenvalue weighted by Gasteiger charge is -2.31. The average molecular weight is 342 g/mol. The number of anilines is 1. The molecule has 1 aromatic carbocycles. The van der Waals surface area contributed by atoms with E-state index in [0.29, 0.717) is 36.4 Å². The molecule has 0 saturated carbocycles. The fourth-order valence-electron chi connectivity index (χ4n) is 2.81. The standard InChI is InChI=1S/C18H22N4O3/c1-18(2)9-15(23)14-8-12(4-5-16(14)25-18)21-17(24)19-7-6-13-10-22(3)11-20-13/h4-5,8,10-11H,6-7,9H2,1-3H3,(H2,19,21,24). The molecular weight excluding hydrogens is 320 g/mol. The molecule has 0 atom stereocenters. The zero-order valence-corrected chi connectivity index (χ0v) is 14.6. The monoisotopic (exact) mass is 342 g/mol. The van der Waals surface area contributed by atoms with Gasteiger partial charge in [0, 0.05) is 31.9 Å². The van der Waals surface area contributed by atoms with E-state index in [9.17, 15) is 9.59 Å². The number of nitrogens with one attached hydrogen (secondary N) is 2. The van der Waals surface area contributed by atoms with Crippen molar-refractivity contribution in [1.82, 2.24) is 14.9 Å². The summed E-state index contributed by atoms with van der Waals surface area (Å²) in [6.45, 7) is 4.24. The van der Waals surface area contributed by atoms with Crippen molar-refractivity contribution in [2.75, 3.05) is 11.9 Å². The molecule has 0 saturated heterocycles. The van der Waals surface area contributed by atoms with Crippen LogP contribution in [-0.2, 0) is 13.5 Å². The molecule has 132 valence electrons. The van der Waals surface area contributed by atoms with Gasteiger partial charge in [0.05, 0.1) is 24.0 Å². The van der Waals surface area contributed by atoms with Crippen molar-refractivity contribution in [3.05, 3.63) is 42.0 Å². The Morgan fingerprint density at radius 3 is 2.92 bits per heavy atom. The van der Waals surface area contributed by atoms with Crippen LogP contribution in [0.2, 0.25) is 0 Å². The quantitative estimate of drug-likeness (QED) is 0.894. The van der Waals surface area contributed by atoms with Crippen molar-refractivity contribution in [3.8, 4) is 5.75 Å². The van der Waals surface area contributed by atoms with Crippen molar-refractivity contribution in [2.24, 2.45) is 7.05 Å². The van der Waals surface area contributed by atoms with Gasteiger partial charge in [0.1, 0.15) is 11.4 Å². The molecule has 25 heavy (non-hydrogen) atoms. The molecule has 1 aliphatic rings. The van der Waals surface area contributed by atoms with Crippen LogP contribution in [-0.4, -0.2) is 33.5 Å². The molecule has 2 aromatic rings. The second-order valence-corrected chi connectivity index (χ2v) is 6.83. The zero-order chi connectivity index (χ0) is 18.0. The lowest BCUT2D eigenvalue weighted by atomic mass is 9.93. The molecule has 2 N–H and O–H groups in total. The number of carbonyl (C=O) groups is 2. The fraction of sp³-hybridized carbons (Fsp3) is 0.389. The number of ether oxygens (including phenoxy) is 1. The maximum absolute atomic E-state index is 12.3. The lowest BCUT2D eigenvalue weighted by Crippen LogP contribution is -2.36. The number of rotatable bonds is 4. The first-order valence-electron chi connectivity index (χ1n) is 8.20. The third kappa shape index (κ3) is 4.17. The highest BCUT2D eigenvalue weighted by atomic mass is 16.5. The molecule has 0 unspecified atom stereocenters. The van der Waals surface area contributed by atoms with Gasteiger partial charge in [-0.1, -0.05) is 0 Å². The van der Waals surface area contributed by atoms with Crippen molar-refractivity contribution >= 4 is 17.5 Å². The molecule has 0 bridgehead atoms. The van der Waals surface area contributed by atoms with Crippen LogP contribution in [0.15, 0.2) is 30.7 Å². The van der Waals surface area contributed by atoms with E-state index in [2.05, 4.69) is 15.6 Å². The second kappa shape index (κ2) is 6.58. The minimum atomic E-state index is -0.498. The molecule has 2 amide bonds. The number of aromatic nitrogens is 2. The number of imidazole rings is 1. The average Bonchev–Trinajstić information content (AvgIpc) is 2.92. The van der Waals surface area contributed by atoms with Crippen molar-refractivity contribution in [2.45, 2.75) is 32.3 Å². The SMILES string of the molecule is Cn1cnc(CCNC(=O)Nc2ccc3c(c2)C(=O)CC(C)(C)O3)c1. The van der Waals surface area contributed by atoms with Crippen LogP contribution < -0.4 is 15.4 Å². The highest BCUT2D eigenvalue weighted by Crippen LogP contribution is 2.34. The number of carbonyl (C=O) groups excluding carboxylic acids is 2. The highest BCUT2D eigenvalue weighted by molar-refractivity contribution is 6.02. The molecule has 1 aliphatic heterocycles. The number of ketones is 1. The number of hydrogen-bond donors (Lipinski definition) is 2. The summed E-state index contributed by atoms with van der Waals surface area (Å²) in [6, 6.07) is 4.79. The first kappa shape index (κ1) is 17.0. The van der Waals surface area contributed by atoms with Crippen molar-refractivity contribution in [1.29, 1.82) is 0 Å². The number of nitrogens with zero attached hydrogens (tertiary/aromatic N) is 2. The Balaban J connectivity index is 1.57. The smallest absolute Gasteiger partial charge is 0.319 e. The molecule has 1 aromatic heterocycles. The van der Waals surface area contributed by atoms with Gasteiger partial charge in [0.2, 0.25) is 0 Å². The van der Waals surface area contributed by atoms with Crippen LogP contribution in [0, 0.1) is 0 Å².